The summed E-state index contributed by atoms with van der Waals surface area (Å²) in [6, 6.07) is 15.5. The Kier molecular flexibility index (Phi) is 4.29. The van der Waals surface area contributed by atoms with E-state index in [0.717, 1.165) is 5.56 Å². The molecule has 8 nitrogen and oxygen atoms in total. The molecule has 2 N–H and O–H groups in total. The third-order valence-corrected chi connectivity index (χ3v) is 4.26. The molecule has 0 unspecified atom stereocenters. The zero-order valence-electron chi connectivity index (χ0n) is 14.5. The number of benzene rings is 2. The second-order valence-electron chi connectivity index (χ2n) is 5.94. The van der Waals surface area contributed by atoms with Crippen molar-refractivity contribution >= 4 is 17.6 Å². The SMILES string of the molecule is CCOC(=O)C1=C(c2ccccc2)Nc2nnnn2[C@H]1c1cccc(O)c1. The van der Waals surface area contributed by atoms with Crippen molar-refractivity contribution in [1.29, 1.82) is 0 Å². The first-order chi connectivity index (χ1) is 13.2. The molecule has 3 aromatic rings. The summed E-state index contributed by atoms with van der Waals surface area (Å²) in [4.78, 5) is 12.9. The van der Waals surface area contributed by atoms with Gasteiger partial charge in [0.1, 0.15) is 11.8 Å². The highest BCUT2D eigenvalue weighted by atomic mass is 16.5. The first-order valence-electron chi connectivity index (χ1n) is 8.49. The van der Waals surface area contributed by atoms with Crippen molar-refractivity contribution in [2.45, 2.75) is 13.0 Å². The third-order valence-electron chi connectivity index (χ3n) is 4.26. The van der Waals surface area contributed by atoms with Crippen LogP contribution >= 0.6 is 0 Å². The van der Waals surface area contributed by atoms with Crippen LogP contribution in [0.2, 0.25) is 0 Å². The van der Waals surface area contributed by atoms with Gasteiger partial charge in [-0.1, -0.05) is 47.6 Å². The number of hydrogen-bond acceptors (Lipinski definition) is 7. The number of rotatable bonds is 4. The second-order valence-corrected chi connectivity index (χ2v) is 5.94. The Morgan fingerprint density at radius 2 is 2.04 bits per heavy atom. The lowest BCUT2D eigenvalue weighted by Gasteiger charge is -2.28. The number of anilines is 1. The molecule has 0 bridgehead atoms. The lowest BCUT2D eigenvalue weighted by Crippen LogP contribution is -2.30. The van der Waals surface area contributed by atoms with E-state index in [2.05, 4.69) is 20.8 Å². The first-order valence-corrected chi connectivity index (χ1v) is 8.49. The van der Waals surface area contributed by atoms with Gasteiger partial charge in [-0.25, -0.2) is 4.79 Å². The summed E-state index contributed by atoms with van der Waals surface area (Å²) in [5, 5.41) is 24.9. The monoisotopic (exact) mass is 363 g/mol. The van der Waals surface area contributed by atoms with Gasteiger partial charge in [-0.05, 0) is 40.6 Å². The van der Waals surface area contributed by atoms with Crippen LogP contribution < -0.4 is 5.32 Å². The van der Waals surface area contributed by atoms with Crippen molar-refractivity contribution in [2.75, 3.05) is 11.9 Å². The van der Waals surface area contributed by atoms with Crippen LogP contribution in [0, 0.1) is 0 Å². The molecular formula is C19H17N5O3. The van der Waals surface area contributed by atoms with E-state index in [9.17, 15) is 9.90 Å². The number of hydrogen-bond donors (Lipinski definition) is 2. The summed E-state index contributed by atoms with van der Waals surface area (Å²) in [6.45, 7) is 1.99. The summed E-state index contributed by atoms with van der Waals surface area (Å²) in [5.74, 6) is 0.0127. The Labute approximate surface area is 155 Å². The summed E-state index contributed by atoms with van der Waals surface area (Å²) < 4.78 is 6.83. The molecule has 2 aromatic carbocycles. The van der Waals surface area contributed by atoms with Gasteiger partial charge in [0.25, 0.3) is 0 Å². The normalized spacial score (nSPS) is 15.8. The van der Waals surface area contributed by atoms with E-state index < -0.39 is 12.0 Å². The lowest BCUT2D eigenvalue weighted by molar-refractivity contribution is -0.138. The van der Waals surface area contributed by atoms with Crippen LogP contribution in [-0.2, 0) is 9.53 Å². The number of phenols is 1. The highest BCUT2D eigenvalue weighted by molar-refractivity contribution is 6.02. The predicted molar refractivity (Wildman–Crippen MR) is 97.7 cm³/mol. The molecule has 8 heteroatoms. The highest BCUT2D eigenvalue weighted by Gasteiger charge is 2.36. The summed E-state index contributed by atoms with van der Waals surface area (Å²) >= 11 is 0. The van der Waals surface area contributed by atoms with Crippen LogP contribution in [0.4, 0.5) is 5.95 Å². The molecule has 1 aromatic heterocycles. The van der Waals surface area contributed by atoms with E-state index in [-0.39, 0.29) is 12.4 Å². The minimum absolute atomic E-state index is 0.0881. The Balaban J connectivity index is 1.97. The van der Waals surface area contributed by atoms with Crippen molar-refractivity contribution in [1.82, 2.24) is 20.2 Å². The van der Waals surface area contributed by atoms with Crippen LogP contribution in [0.15, 0.2) is 60.2 Å². The average Bonchev–Trinajstić information content (AvgIpc) is 3.15. The van der Waals surface area contributed by atoms with E-state index in [1.165, 1.54) is 4.68 Å². The summed E-state index contributed by atoms with van der Waals surface area (Å²) in [6.07, 6.45) is 0. The van der Waals surface area contributed by atoms with Gasteiger partial charge in [0.15, 0.2) is 0 Å². The molecular weight excluding hydrogens is 346 g/mol. The number of esters is 1. The van der Waals surface area contributed by atoms with Crippen molar-refractivity contribution in [3.8, 4) is 5.75 Å². The fraction of sp³-hybridized carbons (Fsp3) is 0.158. The molecule has 2 heterocycles. The van der Waals surface area contributed by atoms with Crippen molar-refractivity contribution in [3.05, 3.63) is 71.3 Å². The largest absolute Gasteiger partial charge is 0.508 e. The predicted octanol–water partition coefficient (Wildman–Crippen LogP) is 2.37. The molecule has 0 saturated carbocycles. The van der Waals surface area contributed by atoms with Gasteiger partial charge in [0.2, 0.25) is 5.95 Å². The number of aromatic nitrogens is 4. The maximum atomic E-state index is 12.9. The number of carbonyl (C=O) groups is 1. The van der Waals surface area contributed by atoms with Crippen molar-refractivity contribution < 1.29 is 14.6 Å². The quantitative estimate of drug-likeness (QED) is 0.686. The van der Waals surface area contributed by atoms with Crippen LogP contribution in [-0.4, -0.2) is 37.9 Å². The number of nitrogens with one attached hydrogen (secondary N) is 1. The van der Waals surface area contributed by atoms with Crippen LogP contribution in [0.5, 0.6) is 5.75 Å². The molecule has 0 radical (unpaired) electrons. The number of phenolic OH excluding ortho intramolecular Hbond substituents is 1. The molecule has 136 valence electrons. The summed E-state index contributed by atoms with van der Waals surface area (Å²) in [7, 11) is 0. The smallest absolute Gasteiger partial charge is 0.338 e. The van der Waals surface area contributed by atoms with Crippen LogP contribution in [0.1, 0.15) is 24.1 Å². The molecule has 1 aliphatic rings. The molecule has 0 spiro atoms. The Morgan fingerprint density at radius 3 is 2.78 bits per heavy atom. The van der Waals surface area contributed by atoms with Gasteiger partial charge < -0.3 is 15.2 Å². The fourth-order valence-corrected chi connectivity index (χ4v) is 3.15. The highest BCUT2D eigenvalue weighted by Crippen LogP contribution is 2.39. The van der Waals surface area contributed by atoms with E-state index in [1.54, 1.807) is 25.1 Å². The maximum Gasteiger partial charge on any atom is 0.338 e. The molecule has 4 rings (SSSR count). The topological polar surface area (TPSA) is 102 Å². The average molecular weight is 363 g/mol. The number of ether oxygens (including phenoxy) is 1. The zero-order valence-corrected chi connectivity index (χ0v) is 14.5. The first kappa shape index (κ1) is 16.8. The van der Waals surface area contributed by atoms with Gasteiger partial charge in [-0.3, -0.25) is 0 Å². The van der Waals surface area contributed by atoms with E-state index in [4.69, 9.17) is 4.74 Å². The van der Waals surface area contributed by atoms with Gasteiger partial charge in [-0.15, -0.1) is 0 Å². The molecule has 0 amide bonds. The van der Waals surface area contributed by atoms with Gasteiger partial charge in [0, 0.05) is 0 Å². The van der Waals surface area contributed by atoms with E-state index >= 15 is 0 Å². The molecule has 0 saturated heterocycles. The molecule has 0 aliphatic carbocycles. The summed E-state index contributed by atoms with van der Waals surface area (Å²) in [5.41, 5.74) is 2.42. The number of nitrogens with zero attached hydrogens (tertiary/aromatic N) is 4. The number of fused-ring (bicyclic) bond motifs is 1. The Hall–Kier alpha value is -3.68. The molecule has 1 atom stereocenters. The molecule has 0 fully saturated rings. The number of tetrazole rings is 1. The van der Waals surface area contributed by atoms with Crippen LogP contribution in [0.25, 0.3) is 5.70 Å². The Morgan fingerprint density at radius 1 is 1.22 bits per heavy atom. The van der Waals surface area contributed by atoms with Crippen molar-refractivity contribution in [3.63, 3.8) is 0 Å². The van der Waals surface area contributed by atoms with Gasteiger partial charge in [0.05, 0.1) is 17.9 Å². The van der Waals surface area contributed by atoms with E-state index in [1.807, 2.05) is 36.4 Å². The number of aromatic hydroxyl groups is 1. The number of carbonyl (C=O) groups excluding carboxylic acids is 1. The zero-order chi connectivity index (χ0) is 18.8. The lowest BCUT2D eigenvalue weighted by atomic mass is 9.93. The standard InChI is InChI=1S/C19H17N5O3/c1-2-27-18(26)15-16(12-7-4-3-5-8-12)20-19-21-22-23-24(19)17(15)13-9-6-10-14(25)11-13/h3-11,17,25H,2H2,1H3,(H,20,21,23)/t17-/m0/s1. The molecule has 1 aliphatic heterocycles. The maximum absolute atomic E-state index is 12.9. The minimum atomic E-state index is -0.641. The minimum Gasteiger partial charge on any atom is -0.508 e. The van der Waals surface area contributed by atoms with Gasteiger partial charge >= 0.3 is 5.97 Å². The van der Waals surface area contributed by atoms with Gasteiger partial charge in [-0.2, -0.15) is 4.68 Å². The van der Waals surface area contributed by atoms with Crippen LogP contribution in [0.3, 0.4) is 0 Å². The van der Waals surface area contributed by atoms with E-state index in [0.29, 0.717) is 22.8 Å². The third kappa shape index (κ3) is 3.01. The Bertz CT molecular complexity index is 1010. The second kappa shape index (κ2) is 6.91. The molecule has 27 heavy (non-hydrogen) atoms. The fourth-order valence-electron chi connectivity index (χ4n) is 3.15. The van der Waals surface area contributed by atoms with Crippen molar-refractivity contribution in [2.24, 2.45) is 0 Å².